The van der Waals surface area contributed by atoms with E-state index in [2.05, 4.69) is 10.1 Å². The summed E-state index contributed by atoms with van der Waals surface area (Å²) in [6.07, 6.45) is 0.422. The molecule has 1 aliphatic heterocycles. The minimum absolute atomic E-state index is 0.0208. The van der Waals surface area contributed by atoms with Gasteiger partial charge < -0.3 is 14.2 Å². The molecule has 1 aromatic carbocycles. The van der Waals surface area contributed by atoms with Gasteiger partial charge >= 0.3 is 0 Å². The van der Waals surface area contributed by atoms with E-state index in [0.29, 0.717) is 37.8 Å². The lowest BCUT2D eigenvalue weighted by molar-refractivity contribution is -0.128. The highest BCUT2D eigenvalue weighted by Crippen LogP contribution is 2.29. The molecule has 0 aliphatic carbocycles. The van der Waals surface area contributed by atoms with Crippen LogP contribution in [0.15, 0.2) is 28.8 Å². The number of rotatable bonds is 6. The van der Waals surface area contributed by atoms with Gasteiger partial charge in [-0.15, -0.1) is 0 Å². The van der Waals surface area contributed by atoms with Crippen LogP contribution in [0.5, 0.6) is 5.75 Å². The SMILES string of the molecule is CCOc1cccc(CN2CC(c3nc(C(C)C)no3)CC2=O)c1. The summed E-state index contributed by atoms with van der Waals surface area (Å²) >= 11 is 0. The van der Waals surface area contributed by atoms with Crippen LogP contribution in [0.2, 0.25) is 0 Å². The minimum atomic E-state index is -0.0208. The van der Waals surface area contributed by atoms with Crippen molar-refractivity contribution >= 4 is 5.91 Å². The van der Waals surface area contributed by atoms with Crippen LogP contribution in [-0.2, 0) is 11.3 Å². The Morgan fingerprint density at radius 3 is 2.96 bits per heavy atom. The lowest BCUT2D eigenvalue weighted by atomic mass is 10.1. The smallest absolute Gasteiger partial charge is 0.232 e. The molecule has 3 rings (SSSR count). The highest BCUT2D eigenvalue weighted by Gasteiger charge is 2.34. The Bertz CT molecular complexity index is 711. The molecule has 0 spiro atoms. The molecule has 0 bridgehead atoms. The Labute approximate surface area is 141 Å². The van der Waals surface area contributed by atoms with Gasteiger partial charge in [-0.05, 0) is 24.6 Å². The van der Waals surface area contributed by atoms with Gasteiger partial charge in [-0.2, -0.15) is 4.98 Å². The molecule has 1 aliphatic rings. The molecule has 1 saturated heterocycles. The van der Waals surface area contributed by atoms with Crippen molar-refractivity contribution in [1.82, 2.24) is 15.0 Å². The normalized spacial score (nSPS) is 17.8. The third-order valence-corrected chi connectivity index (χ3v) is 4.12. The Kier molecular flexibility index (Phi) is 4.83. The van der Waals surface area contributed by atoms with Crippen molar-refractivity contribution in [3.05, 3.63) is 41.5 Å². The number of ether oxygens (including phenoxy) is 1. The zero-order valence-electron chi connectivity index (χ0n) is 14.4. The molecule has 1 atom stereocenters. The van der Waals surface area contributed by atoms with E-state index in [9.17, 15) is 4.79 Å². The minimum Gasteiger partial charge on any atom is -0.494 e. The van der Waals surface area contributed by atoms with Gasteiger partial charge in [0.15, 0.2) is 5.82 Å². The first kappa shape index (κ1) is 16.5. The van der Waals surface area contributed by atoms with E-state index in [4.69, 9.17) is 9.26 Å². The van der Waals surface area contributed by atoms with Gasteiger partial charge in [0.05, 0.1) is 12.5 Å². The number of hydrogen-bond donors (Lipinski definition) is 0. The first-order chi connectivity index (χ1) is 11.6. The van der Waals surface area contributed by atoms with Gasteiger partial charge in [-0.1, -0.05) is 31.1 Å². The van der Waals surface area contributed by atoms with E-state index in [0.717, 1.165) is 11.3 Å². The number of benzene rings is 1. The molecule has 6 heteroatoms. The fraction of sp³-hybridized carbons (Fsp3) is 0.500. The molecule has 24 heavy (non-hydrogen) atoms. The van der Waals surface area contributed by atoms with Crippen molar-refractivity contribution in [2.45, 2.75) is 45.6 Å². The van der Waals surface area contributed by atoms with E-state index in [1.807, 2.05) is 49.9 Å². The lowest BCUT2D eigenvalue weighted by Gasteiger charge is -2.16. The van der Waals surface area contributed by atoms with Gasteiger partial charge in [0.25, 0.3) is 0 Å². The molecular formula is C18H23N3O3. The molecule has 128 valence electrons. The molecule has 2 aromatic rings. The summed E-state index contributed by atoms with van der Waals surface area (Å²) in [5.41, 5.74) is 1.06. The molecule has 0 N–H and O–H groups in total. The third-order valence-electron chi connectivity index (χ3n) is 4.12. The zero-order valence-corrected chi connectivity index (χ0v) is 14.4. The highest BCUT2D eigenvalue weighted by atomic mass is 16.5. The maximum atomic E-state index is 12.3. The highest BCUT2D eigenvalue weighted by molar-refractivity contribution is 5.79. The van der Waals surface area contributed by atoms with Crippen LogP contribution < -0.4 is 4.74 Å². The van der Waals surface area contributed by atoms with Gasteiger partial charge in [0.2, 0.25) is 11.8 Å². The molecule has 1 aromatic heterocycles. The Morgan fingerprint density at radius 2 is 2.25 bits per heavy atom. The van der Waals surface area contributed by atoms with E-state index in [1.165, 1.54) is 0 Å². The number of carbonyl (C=O) groups excluding carboxylic acids is 1. The maximum absolute atomic E-state index is 12.3. The summed E-state index contributed by atoms with van der Waals surface area (Å²) in [5.74, 6) is 2.41. The van der Waals surface area contributed by atoms with Gasteiger partial charge in [-0.25, -0.2) is 0 Å². The van der Waals surface area contributed by atoms with Crippen LogP contribution in [0.1, 0.15) is 56.3 Å². The number of likely N-dealkylation sites (tertiary alicyclic amines) is 1. The molecule has 1 fully saturated rings. The second kappa shape index (κ2) is 7.03. The summed E-state index contributed by atoms with van der Waals surface area (Å²) in [5, 5.41) is 3.99. The number of carbonyl (C=O) groups is 1. The molecule has 6 nitrogen and oxygen atoms in total. The predicted molar refractivity (Wildman–Crippen MR) is 88.8 cm³/mol. The largest absolute Gasteiger partial charge is 0.494 e. The molecule has 1 amide bonds. The average Bonchev–Trinajstić information content (AvgIpc) is 3.16. The topological polar surface area (TPSA) is 68.5 Å². The van der Waals surface area contributed by atoms with Crippen LogP contribution in [0.4, 0.5) is 0 Å². The average molecular weight is 329 g/mol. The fourth-order valence-corrected chi connectivity index (χ4v) is 2.86. The molecule has 1 unspecified atom stereocenters. The second-order valence-corrected chi connectivity index (χ2v) is 6.40. The van der Waals surface area contributed by atoms with Crippen molar-refractivity contribution in [3.8, 4) is 5.75 Å². The van der Waals surface area contributed by atoms with Crippen LogP contribution in [0.25, 0.3) is 0 Å². The summed E-state index contributed by atoms with van der Waals surface area (Å²) in [4.78, 5) is 18.6. The number of nitrogens with zero attached hydrogens (tertiary/aromatic N) is 3. The number of hydrogen-bond acceptors (Lipinski definition) is 5. The van der Waals surface area contributed by atoms with Crippen molar-refractivity contribution in [1.29, 1.82) is 0 Å². The first-order valence-electron chi connectivity index (χ1n) is 8.39. The van der Waals surface area contributed by atoms with Crippen LogP contribution >= 0.6 is 0 Å². The number of amides is 1. The summed E-state index contributed by atoms with van der Waals surface area (Å²) < 4.78 is 10.9. The lowest BCUT2D eigenvalue weighted by Crippen LogP contribution is -2.24. The standard InChI is InChI=1S/C18H23N3O3/c1-4-23-15-7-5-6-13(8-15)10-21-11-14(9-16(21)22)18-19-17(12(2)3)20-24-18/h5-8,12,14H,4,9-11H2,1-3H3. The number of aromatic nitrogens is 2. The Hall–Kier alpha value is -2.37. The monoisotopic (exact) mass is 329 g/mol. The fourth-order valence-electron chi connectivity index (χ4n) is 2.86. The van der Waals surface area contributed by atoms with Crippen molar-refractivity contribution in [2.75, 3.05) is 13.2 Å². The van der Waals surface area contributed by atoms with Crippen molar-refractivity contribution in [2.24, 2.45) is 0 Å². The van der Waals surface area contributed by atoms with Crippen LogP contribution in [-0.4, -0.2) is 34.1 Å². The second-order valence-electron chi connectivity index (χ2n) is 6.40. The molecule has 0 radical (unpaired) electrons. The molecular weight excluding hydrogens is 306 g/mol. The van der Waals surface area contributed by atoms with Crippen molar-refractivity contribution < 1.29 is 14.1 Å². The third kappa shape index (κ3) is 3.58. The maximum Gasteiger partial charge on any atom is 0.232 e. The summed E-state index contributed by atoms with van der Waals surface area (Å²) in [7, 11) is 0. The van der Waals surface area contributed by atoms with E-state index < -0.39 is 0 Å². The van der Waals surface area contributed by atoms with E-state index in [1.54, 1.807) is 0 Å². The quantitative estimate of drug-likeness (QED) is 0.814. The summed E-state index contributed by atoms with van der Waals surface area (Å²) in [6.45, 7) is 7.80. The van der Waals surface area contributed by atoms with E-state index >= 15 is 0 Å². The van der Waals surface area contributed by atoms with Crippen LogP contribution in [0.3, 0.4) is 0 Å². The van der Waals surface area contributed by atoms with Gasteiger partial charge in [0, 0.05) is 25.4 Å². The summed E-state index contributed by atoms with van der Waals surface area (Å²) in [6, 6.07) is 7.86. The van der Waals surface area contributed by atoms with Gasteiger partial charge in [-0.3, -0.25) is 4.79 Å². The molecule has 2 heterocycles. The Balaban J connectivity index is 1.67. The zero-order chi connectivity index (χ0) is 17.1. The Morgan fingerprint density at radius 1 is 1.42 bits per heavy atom. The first-order valence-corrected chi connectivity index (χ1v) is 8.39. The van der Waals surface area contributed by atoms with Gasteiger partial charge in [0.1, 0.15) is 5.75 Å². The van der Waals surface area contributed by atoms with Crippen molar-refractivity contribution in [3.63, 3.8) is 0 Å². The van der Waals surface area contributed by atoms with Crippen LogP contribution in [0, 0.1) is 0 Å². The molecule has 0 saturated carbocycles. The predicted octanol–water partition coefficient (Wildman–Crippen LogP) is 3.11. The van der Waals surface area contributed by atoms with E-state index in [-0.39, 0.29) is 17.7 Å².